The number of rotatable bonds is 1. The number of allylic oxidation sites excluding steroid dienone is 3. The topological polar surface area (TPSA) is 0 Å². The highest BCUT2D eigenvalue weighted by molar-refractivity contribution is 5.13. The highest BCUT2D eigenvalue weighted by Crippen LogP contribution is 2.43. The molecule has 2 aliphatic rings. The highest BCUT2D eigenvalue weighted by Gasteiger charge is 2.33. The first kappa shape index (κ1) is 8.32. The van der Waals surface area contributed by atoms with Crippen molar-refractivity contribution in [2.24, 2.45) is 17.8 Å². The second kappa shape index (κ2) is 3.56. The van der Waals surface area contributed by atoms with Crippen molar-refractivity contribution in [1.82, 2.24) is 0 Å². The Labute approximate surface area is 69.3 Å². The van der Waals surface area contributed by atoms with Gasteiger partial charge in [-0.25, -0.2) is 0 Å². The summed E-state index contributed by atoms with van der Waals surface area (Å²) in [7, 11) is 0. The average molecular weight is 148 g/mol. The molecule has 0 aromatic rings. The van der Waals surface area contributed by atoms with Crippen molar-refractivity contribution in [3.05, 3.63) is 38.0 Å². The van der Waals surface area contributed by atoms with Gasteiger partial charge in [0.15, 0.2) is 0 Å². The smallest absolute Gasteiger partial charge is 0.0165 e. The fraction of sp³-hybridized carbons (Fsp3) is 0.455. The maximum atomic E-state index is 3.83. The van der Waals surface area contributed by atoms with E-state index in [1.807, 2.05) is 0 Å². The maximum absolute atomic E-state index is 3.83. The van der Waals surface area contributed by atoms with E-state index in [9.17, 15) is 0 Å². The standard InChI is InChI=1S/C9H12.C2H4/c1-2-8-5-7-3-4-9(8)6-7;1-2/h2-4,7-9H,1,5-6H2;1-2H2. The Morgan fingerprint density at radius 3 is 2.18 bits per heavy atom. The predicted molar refractivity (Wildman–Crippen MR) is 50.3 cm³/mol. The molecular formula is C11H16. The molecule has 2 aliphatic carbocycles. The molecule has 3 unspecified atom stereocenters. The summed E-state index contributed by atoms with van der Waals surface area (Å²) in [6, 6.07) is 0. The Balaban J connectivity index is 0.000000281. The molecule has 0 spiro atoms. The number of hydrogen-bond acceptors (Lipinski definition) is 0. The molecule has 0 N–H and O–H groups in total. The quantitative estimate of drug-likeness (QED) is 0.501. The van der Waals surface area contributed by atoms with Crippen LogP contribution in [0.1, 0.15) is 12.8 Å². The van der Waals surface area contributed by atoms with E-state index in [-0.39, 0.29) is 0 Å². The Bertz CT molecular complexity index is 167. The molecule has 0 nitrogen and oxygen atoms in total. The summed E-state index contributed by atoms with van der Waals surface area (Å²) < 4.78 is 0. The summed E-state index contributed by atoms with van der Waals surface area (Å²) in [5, 5.41) is 0. The van der Waals surface area contributed by atoms with Crippen LogP contribution in [0.2, 0.25) is 0 Å². The third-order valence-electron chi connectivity index (χ3n) is 2.63. The molecule has 1 saturated carbocycles. The van der Waals surface area contributed by atoms with Crippen molar-refractivity contribution < 1.29 is 0 Å². The van der Waals surface area contributed by atoms with Crippen LogP contribution in [0.25, 0.3) is 0 Å². The van der Waals surface area contributed by atoms with Gasteiger partial charge in [-0.3, -0.25) is 0 Å². The molecule has 60 valence electrons. The van der Waals surface area contributed by atoms with Crippen molar-refractivity contribution in [3.63, 3.8) is 0 Å². The lowest BCUT2D eigenvalue weighted by Crippen LogP contribution is -2.01. The molecule has 0 aromatic heterocycles. The minimum atomic E-state index is 0.806. The van der Waals surface area contributed by atoms with Crippen LogP contribution in [0.4, 0.5) is 0 Å². The molecule has 0 saturated heterocycles. The average Bonchev–Trinajstić information content (AvgIpc) is 2.67. The van der Waals surface area contributed by atoms with E-state index in [2.05, 4.69) is 38.0 Å². The van der Waals surface area contributed by atoms with E-state index in [0.29, 0.717) is 0 Å². The van der Waals surface area contributed by atoms with Gasteiger partial charge in [-0.15, -0.1) is 19.7 Å². The molecule has 0 amide bonds. The van der Waals surface area contributed by atoms with Crippen LogP contribution in [-0.2, 0) is 0 Å². The lowest BCUT2D eigenvalue weighted by atomic mass is 9.94. The van der Waals surface area contributed by atoms with Crippen LogP contribution < -0.4 is 0 Å². The number of hydrogen-bond donors (Lipinski definition) is 0. The largest absolute Gasteiger partial charge is 0.106 e. The summed E-state index contributed by atoms with van der Waals surface area (Å²) in [6.45, 7) is 9.83. The third kappa shape index (κ3) is 1.45. The van der Waals surface area contributed by atoms with Crippen molar-refractivity contribution >= 4 is 0 Å². The van der Waals surface area contributed by atoms with E-state index in [1.165, 1.54) is 12.8 Å². The van der Waals surface area contributed by atoms with Crippen LogP contribution in [-0.4, -0.2) is 0 Å². The second-order valence-electron chi connectivity index (χ2n) is 3.18. The molecule has 0 radical (unpaired) electrons. The zero-order valence-electron chi connectivity index (χ0n) is 7.00. The summed E-state index contributed by atoms with van der Waals surface area (Å²) in [5.74, 6) is 2.56. The predicted octanol–water partition coefficient (Wildman–Crippen LogP) is 3.19. The molecule has 1 fully saturated rings. The van der Waals surface area contributed by atoms with Gasteiger partial charge in [0, 0.05) is 0 Å². The van der Waals surface area contributed by atoms with Crippen molar-refractivity contribution in [1.29, 1.82) is 0 Å². The number of fused-ring (bicyclic) bond motifs is 2. The first-order valence-electron chi connectivity index (χ1n) is 4.21. The molecule has 2 rings (SSSR count). The summed E-state index contributed by atoms with van der Waals surface area (Å²) in [4.78, 5) is 0. The molecule has 3 atom stereocenters. The Hall–Kier alpha value is -0.780. The minimum Gasteiger partial charge on any atom is -0.106 e. The van der Waals surface area contributed by atoms with Crippen LogP contribution in [0.5, 0.6) is 0 Å². The van der Waals surface area contributed by atoms with Gasteiger partial charge in [0.2, 0.25) is 0 Å². The summed E-state index contributed by atoms with van der Waals surface area (Å²) in [6.07, 6.45) is 9.61. The van der Waals surface area contributed by atoms with Gasteiger partial charge >= 0.3 is 0 Å². The van der Waals surface area contributed by atoms with E-state index in [4.69, 9.17) is 0 Å². The van der Waals surface area contributed by atoms with Crippen LogP contribution in [0.15, 0.2) is 38.0 Å². The third-order valence-corrected chi connectivity index (χ3v) is 2.63. The lowest BCUT2D eigenvalue weighted by molar-refractivity contribution is 0.551. The highest BCUT2D eigenvalue weighted by atomic mass is 14.4. The van der Waals surface area contributed by atoms with Gasteiger partial charge in [0.05, 0.1) is 0 Å². The monoisotopic (exact) mass is 148 g/mol. The molecule has 0 aliphatic heterocycles. The molecule has 0 heterocycles. The second-order valence-corrected chi connectivity index (χ2v) is 3.18. The normalized spacial score (nSPS) is 38.0. The zero-order chi connectivity index (χ0) is 8.27. The summed E-state index contributed by atoms with van der Waals surface area (Å²) >= 11 is 0. The van der Waals surface area contributed by atoms with Crippen LogP contribution in [0.3, 0.4) is 0 Å². The lowest BCUT2D eigenvalue weighted by Gasteiger charge is -2.11. The van der Waals surface area contributed by atoms with Gasteiger partial charge in [-0.1, -0.05) is 18.2 Å². The molecule has 11 heavy (non-hydrogen) atoms. The zero-order valence-corrected chi connectivity index (χ0v) is 7.00. The van der Waals surface area contributed by atoms with E-state index < -0.39 is 0 Å². The fourth-order valence-corrected chi connectivity index (χ4v) is 2.09. The van der Waals surface area contributed by atoms with Gasteiger partial charge in [0.1, 0.15) is 0 Å². The van der Waals surface area contributed by atoms with Gasteiger partial charge in [-0.05, 0) is 30.6 Å². The molecule has 0 heteroatoms. The van der Waals surface area contributed by atoms with E-state index in [1.54, 1.807) is 0 Å². The van der Waals surface area contributed by atoms with Crippen LogP contribution in [0, 0.1) is 17.8 Å². The van der Waals surface area contributed by atoms with Crippen molar-refractivity contribution in [2.75, 3.05) is 0 Å². The van der Waals surface area contributed by atoms with Crippen molar-refractivity contribution in [2.45, 2.75) is 12.8 Å². The van der Waals surface area contributed by atoms with Crippen molar-refractivity contribution in [3.8, 4) is 0 Å². The molecule has 0 aromatic carbocycles. The van der Waals surface area contributed by atoms with Gasteiger partial charge < -0.3 is 0 Å². The molecular weight excluding hydrogens is 132 g/mol. The van der Waals surface area contributed by atoms with Crippen LogP contribution >= 0.6 is 0 Å². The minimum absolute atomic E-state index is 0.806. The maximum Gasteiger partial charge on any atom is -0.0165 e. The first-order chi connectivity index (χ1) is 5.40. The summed E-state index contributed by atoms with van der Waals surface area (Å²) in [5.41, 5.74) is 0. The molecule has 2 bridgehead atoms. The van der Waals surface area contributed by atoms with Gasteiger partial charge in [0.25, 0.3) is 0 Å². The Kier molecular flexibility index (Phi) is 2.70. The van der Waals surface area contributed by atoms with E-state index >= 15 is 0 Å². The van der Waals surface area contributed by atoms with E-state index in [0.717, 1.165) is 17.8 Å². The SMILES string of the molecule is C=C.C=CC1CC2C=CC1C2. The first-order valence-corrected chi connectivity index (χ1v) is 4.21. The fourth-order valence-electron chi connectivity index (χ4n) is 2.09. The van der Waals surface area contributed by atoms with Gasteiger partial charge in [-0.2, -0.15) is 0 Å². The Morgan fingerprint density at radius 2 is 1.91 bits per heavy atom. The Morgan fingerprint density at radius 1 is 1.18 bits per heavy atom.